The highest BCUT2D eigenvalue weighted by Crippen LogP contribution is 2.15. The number of nitrogens with one attached hydrogen (secondary N) is 1. The molecular formula is C12H16N4S. The normalized spacial score (nSPS) is 10.5. The number of nitrogens with zero attached hydrogens (tertiary/aromatic N) is 3. The zero-order valence-electron chi connectivity index (χ0n) is 10.1. The first kappa shape index (κ1) is 11.9. The van der Waals surface area contributed by atoms with Crippen molar-refractivity contribution in [2.45, 2.75) is 20.4 Å². The highest BCUT2D eigenvalue weighted by Gasteiger charge is 2.07. The molecule has 0 amide bonds. The Balaban J connectivity index is 2.16. The Morgan fingerprint density at radius 2 is 2.24 bits per heavy atom. The lowest BCUT2D eigenvalue weighted by Gasteiger charge is -2.06. The number of aromatic nitrogens is 3. The molecule has 0 aliphatic rings. The van der Waals surface area contributed by atoms with Crippen molar-refractivity contribution in [2.24, 2.45) is 0 Å². The van der Waals surface area contributed by atoms with Crippen LogP contribution in [-0.2, 0) is 6.54 Å². The summed E-state index contributed by atoms with van der Waals surface area (Å²) < 4.78 is 2.08. The van der Waals surface area contributed by atoms with Gasteiger partial charge in [-0.3, -0.25) is 0 Å². The van der Waals surface area contributed by atoms with Crippen LogP contribution < -0.4 is 5.32 Å². The van der Waals surface area contributed by atoms with Crippen LogP contribution in [0.4, 0.5) is 5.95 Å². The number of rotatable bonds is 5. The molecular weight excluding hydrogens is 232 g/mol. The van der Waals surface area contributed by atoms with Gasteiger partial charge in [0, 0.05) is 23.8 Å². The Morgan fingerprint density at radius 3 is 2.88 bits per heavy atom. The second kappa shape index (κ2) is 5.14. The lowest BCUT2D eigenvalue weighted by atomic mass is 10.5. The van der Waals surface area contributed by atoms with Crippen LogP contribution in [0.3, 0.4) is 0 Å². The minimum Gasteiger partial charge on any atom is -0.352 e. The lowest BCUT2D eigenvalue weighted by Crippen LogP contribution is -2.07. The van der Waals surface area contributed by atoms with Crippen LogP contribution in [0.25, 0.3) is 0 Å². The number of hydrogen-bond acceptors (Lipinski definition) is 4. The van der Waals surface area contributed by atoms with Crippen LogP contribution in [0.2, 0.25) is 0 Å². The fourth-order valence-electron chi connectivity index (χ4n) is 1.59. The number of thiazole rings is 1. The number of aryl methyl sites for hydroxylation is 2. The van der Waals surface area contributed by atoms with Gasteiger partial charge in [0.05, 0.1) is 12.2 Å². The molecule has 2 heterocycles. The summed E-state index contributed by atoms with van der Waals surface area (Å²) in [4.78, 5) is 8.89. The molecule has 0 saturated carbocycles. The van der Waals surface area contributed by atoms with Crippen LogP contribution in [0.1, 0.15) is 16.4 Å². The second-order valence-corrected chi connectivity index (χ2v) is 4.83. The minimum atomic E-state index is 0.716. The van der Waals surface area contributed by atoms with Gasteiger partial charge in [0.15, 0.2) is 0 Å². The van der Waals surface area contributed by atoms with E-state index in [1.807, 2.05) is 26.1 Å². The summed E-state index contributed by atoms with van der Waals surface area (Å²) in [5.74, 6) is 0.871. The third-order valence-electron chi connectivity index (χ3n) is 2.27. The van der Waals surface area contributed by atoms with Crippen molar-refractivity contribution >= 4 is 17.3 Å². The van der Waals surface area contributed by atoms with Gasteiger partial charge >= 0.3 is 0 Å². The molecule has 0 aromatic carbocycles. The predicted octanol–water partition coefficient (Wildman–Crippen LogP) is 2.60. The van der Waals surface area contributed by atoms with Crippen molar-refractivity contribution in [3.63, 3.8) is 0 Å². The van der Waals surface area contributed by atoms with Crippen molar-refractivity contribution in [1.29, 1.82) is 0 Å². The van der Waals surface area contributed by atoms with Gasteiger partial charge < -0.3 is 9.88 Å². The van der Waals surface area contributed by atoms with E-state index in [2.05, 4.69) is 31.8 Å². The van der Waals surface area contributed by atoms with E-state index in [0.717, 1.165) is 28.9 Å². The first-order valence-corrected chi connectivity index (χ1v) is 6.36. The van der Waals surface area contributed by atoms with Gasteiger partial charge in [-0.25, -0.2) is 9.97 Å². The fourth-order valence-corrected chi connectivity index (χ4v) is 2.36. The highest BCUT2D eigenvalue weighted by atomic mass is 32.1. The van der Waals surface area contributed by atoms with E-state index in [9.17, 15) is 0 Å². The van der Waals surface area contributed by atoms with E-state index in [0.29, 0.717) is 6.54 Å². The number of imidazole rings is 1. The zero-order chi connectivity index (χ0) is 12.3. The van der Waals surface area contributed by atoms with Gasteiger partial charge in [0.25, 0.3) is 0 Å². The van der Waals surface area contributed by atoms with Gasteiger partial charge in [-0.1, -0.05) is 6.08 Å². The quantitative estimate of drug-likeness (QED) is 0.827. The number of anilines is 1. The molecule has 4 nitrogen and oxygen atoms in total. The molecule has 2 rings (SSSR count). The van der Waals surface area contributed by atoms with Gasteiger partial charge in [-0.15, -0.1) is 17.9 Å². The molecule has 1 N–H and O–H groups in total. The van der Waals surface area contributed by atoms with Crippen molar-refractivity contribution < 1.29 is 0 Å². The summed E-state index contributed by atoms with van der Waals surface area (Å²) in [7, 11) is 0. The molecule has 0 unspecified atom stereocenters. The monoisotopic (exact) mass is 248 g/mol. The maximum Gasteiger partial charge on any atom is 0.203 e. The molecule has 0 bridgehead atoms. The van der Waals surface area contributed by atoms with Gasteiger partial charge in [-0.2, -0.15) is 0 Å². The van der Waals surface area contributed by atoms with Crippen LogP contribution in [0.5, 0.6) is 0 Å². The van der Waals surface area contributed by atoms with Crippen LogP contribution in [-0.4, -0.2) is 21.1 Å². The zero-order valence-corrected chi connectivity index (χ0v) is 10.9. The molecule has 2 aromatic heterocycles. The van der Waals surface area contributed by atoms with E-state index in [-0.39, 0.29) is 0 Å². The molecule has 0 radical (unpaired) electrons. The standard InChI is InChI=1S/C12H16N4S/c1-4-5-13-12-15-9(2)6-16(12)7-11-14-10(3)8-17-11/h4,6,8H,1,5,7H2,2-3H3,(H,13,15). The van der Waals surface area contributed by atoms with Gasteiger partial charge in [0.2, 0.25) is 5.95 Å². The summed E-state index contributed by atoms with van der Waals surface area (Å²) in [6.45, 7) is 9.17. The Kier molecular flexibility index (Phi) is 3.58. The predicted molar refractivity (Wildman–Crippen MR) is 71.6 cm³/mol. The summed E-state index contributed by atoms with van der Waals surface area (Å²) in [6, 6.07) is 0. The average molecular weight is 248 g/mol. The maximum absolute atomic E-state index is 4.46. The molecule has 0 saturated heterocycles. The smallest absolute Gasteiger partial charge is 0.203 e. The van der Waals surface area contributed by atoms with E-state index in [1.165, 1.54) is 0 Å². The van der Waals surface area contributed by atoms with Crippen molar-refractivity contribution in [2.75, 3.05) is 11.9 Å². The van der Waals surface area contributed by atoms with Crippen molar-refractivity contribution in [3.8, 4) is 0 Å². The fraction of sp³-hybridized carbons (Fsp3) is 0.333. The summed E-state index contributed by atoms with van der Waals surface area (Å²) in [6.07, 6.45) is 3.85. The van der Waals surface area contributed by atoms with E-state index >= 15 is 0 Å². The minimum absolute atomic E-state index is 0.716. The molecule has 0 aliphatic carbocycles. The molecule has 5 heteroatoms. The summed E-state index contributed by atoms with van der Waals surface area (Å²) in [5.41, 5.74) is 2.08. The first-order chi connectivity index (χ1) is 8.19. The van der Waals surface area contributed by atoms with Crippen molar-refractivity contribution in [3.05, 3.63) is 40.6 Å². The SMILES string of the molecule is C=CCNc1nc(C)cn1Cc1nc(C)cs1. The van der Waals surface area contributed by atoms with E-state index in [1.54, 1.807) is 11.3 Å². The summed E-state index contributed by atoms with van der Waals surface area (Å²) in [5, 5.41) is 6.39. The Labute approximate surface area is 105 Å². The lowest BCUT2D eigenvalue weighted by molar-refractivity contribution is 0.792. The molecule has 0 spiro atoms. The number of hydrogen-bond donors (Lipinski definition) is 1. The first-order valence-electron chi connectivity index (χ1n) is 5.48. The van der Waals surface area contributed by atoms with E-state index in [4.69, 9.17) is 0 Å². The maximum atomic E-state index is 4.46. The van der Waals surface area contributed by atoms with Crippen LogP contribution in [0.15, 0.2) is 24.2 Å². The topological polar surface area (TPSA) is 42.7 Å². The van der Waals surface area contributed by atoms with Crippen LogP contribution in [0, 0.1) is 13.8 Å². The summed E-state index contributed by atoms with van der Waals surface area (Å²) >= 11 is 1.68. The molecule has 17 heavy (non-hydrogen) atoms. The third-order valence-corrected chi connectivity index (χ3v) is 3.23. The molecule has 90 valence electrons. The molecule has 0 aliphatic heterocycles. The van der Waals surface area contributed by atoms with Crippen molar-refractivity contribution in [1.82, 2.24) is 14.5 Å². The largest absolute Gasteiger partial charge is 0.352 e. The van der Waals surface area contributed by atoms with Gasteiger partial charge in [-0.05, 0) is 13.8 Å². The second-order valence-electron chi connectivity index (χ2n) is 3.89. The highest BCUT2D eigenvalue weighted by molar-refractivity contribution is 7.09. The van der Waals surface area contributed by atoms with E-state index < -0.39 is 0 Å². The Hall–Kier alpha value is -1.62. The van der Waals surface area contributed by atoms with Crippen LogP contribution >= 0.6 is 11.3 Å². The Morgan fingerprint density at radius 1 is 1.41 bits per heavy atom. The average Bonchev–Trinajstić information content (AvgIpc) is 2.83. The Bertz CT molecular complexity index is 512. The third kappa shape index (κ3) is 2.94. The molecule has 2 aromatic rings. The van der Waals surface area contributed by atoms with Gasteiger partial charge in [0.1, 0.15) is 5.01 Å². The molecule has 0 fully saturated rings. The molecule has 0 atom stereocenters.